The fourth-order valence-electron chi connectivity index (χ4n) is 1.80. The minimum atomic E-state index is 0.635. The van der Waals surface area contributed by atoms with E-state index in [9.17, 15) is 0 Å². The third-order valence-electron chi connectivity index (χ3n) is 2.60. The first kappa shape index (κ1) is 9.68. The molecule has 1 aliphatic heterocycles. The number of rotatable bonds is 4. The summed E-state index contributed by atoms with van der Waals surface area (Å²) < 4.78 is 4.75. The summed E-state index contributed by atoms with van der Waals surface area (Å²) in [4.78, 5) is 0. The van der Waals surface area contributed by atoms with Crippen LogP contribution < -0.4 is 10.6 Å². The van der Waals surface area contributed by atoms with Crippen LogP contribution in [0.2, 0.25) is 0 Å². The van der Waals surface area contributed by atoms with Crippen molar-refractivity contribution in [2.45, 2.75) is 31.8 Å². The lowest BCUT2D eigenvalue weighted by atomic mass is 10.1. The third kappa shape index (κ3) is 2.82. The number of hydrogen-bond donors (Lipinski definition) is 2. The number of aromatic nitrogens is 1. The van der Waals surface area contributed by atoms with E-state index < -0.39 is 0 Å². The molecule has 4 heteroatoms. The molecule has 0 radical (unpaired) electrons. The summed E-state index contributed by atoms with van der Waals surface area (Å²) in [7, 11) is 0. The van der Waals surface area contributed by atoms with Gasteiger partial charge in [-0.15, -0.1) is 0 Å². The van der Waals surface area contributed by atoms with Crippen molar-refractivity contribution in [1.82, 2.24) is 15.8 Å². The Labute approximate surface area is 84.0 Å². The molecule has 0 spiro atoms. The Bertz CT molecular complexity index is 242. The lowest BCUT2D eigenvalue weighted by molar-refractivity contribution is 0.376. The van der Waals surface area contributed by atoms with Gasteiger partial charge in [-0.3, -0.25) is 0 Å². The van der Waals surface area contributed by atoms with E-state index in [-0.39, 0.29) is 0 Å². The van der Waals surface area contributed by atoms with Crippen LogP contribution in [0, 0.1) is 0 Å². The van der Waals surface area contributed by atoms with Gasteiger partial charge in [0.1, 0.15) is 6.26 Å². The molecule has 14 heavy (non-hydrogen) atoms. The van der Waals surface area contributed by atoms with Crippen LogP contribution in [0.5, 0.6) is 0 Å². The van der Waals surface area contributed by atoms with E-state index in [1.165, 1.54) is 19.3 Å². The van der Waals surface area contributed by atoms with Crippen LogP contribution in [-0.4, -0.2) is 24.3 Å². The van der Waals surface area contributed by atoms with E-state index >= 15 is 0 Å². The molecule has 1 saturated heterocycles. The second-order valence-corrected chi connectivity index (χ2v) is 3.77. The SMILES string of the molecule is c1cc(CNCC2CCCCN2)no1. The minimum absolute atomic E-state index is 0.635. The maximum atomic E-state index is 4.75. The molecule has 2 rings (SSSR count). The molecule has 1 atom stereocenters. The van der Waals surface area contributed by atoms with Crippen molar-refractivity contribution < 1.29 is 4.52 Å². The van der Waals surface area contributed by atoms with Crippen LogP contribution in [0.3, 0.4) is 0 Å². The normalized spacial score (nSPS) is 22.4. The van der Waals surface area contributed by atoms with Gasteiger partial charge in [0.15, 0.2) is 0 Å². The zero-order chi connectivity index (χ0) is 9.64. The molecular formula is C10H17N3O. The van der Waals surface area contributed by atoms with Crippen LogP contribution in [0.1, 0.15) is 25.0 Å². The molecule has 2 heterocycles. The molecule has 0 aromatic carbocycles. The smallest absolute Gasteiger partial charge is 0.124 e. The molecule has 0 aliphatic carbocycles. The molecule has 1 fully saturated rings. The second kappa shape index (κ2) is 5.12. The number of hydrogen-bond acceptors (Lipinski definition) is 4. The van der Waals surface area contributed by atoms with E-state index in [0.29, 0.717) is 6.04 Å². The molecule has 1 aliphatic rings. The van der Waals surface area contributed by atoms with Crippen molar-refractivity contribution >= 4 is 0 Å². The lowest BCUT2D eigenvalue weighted by Crippen LogP contribution is -2.41. The first-order valence-corrected chi connectivity index (χ1v) is 5.28. The van der Waals surface area contributed by atoms with E-state index in [0.717, 1.165) is 25.3 Å². The van der Waals surface area contributed by atoms with Crippen molar-refractivity contribution in [3.05, 3.63) is 18.0 Å². The average Bonchev–Trinajstić information content (AvgIpc) is 2.72. The van der Waals surface area contributed by atoms with E-state index in [1.54, 1.807) is 6.26 Å². The van der Waals surface area contributed by atoms with Gasteiger partial charge < -0.3 is 15.2 Å². The number of nitrogens with zero attached hydrogens (tertiary/aromatic N) is 1. The molecule has 1 aromatic heterocycles. The maximum Gasteiger partial charge on any atom is 0.124 e. The highest BCUT2D eigenvalue weighted by atomic mass is 16.5. The van der Waals surface area contributed by atoms with Crippen LogP contribution in [0.25, 0.3) is 0 Å². The highest BCUT2D eigenvalue weighted by Crippen LogP contribution is 2.05. The Kier molecular flexibility index (Phi) is 3.54. The standard InChI is InChI=1S/C10H17N3O/c1-2-5-12-9(3-1)7-11-8-10-4-6-14-13-10/h4,6,9,11-12H,1-3,5,7-8H2. The minimum Gasteiger partial charge on any atom is -0.364 e. The topological polar surface area (TPSA) is 50.1 Å². The van der Waals surface area contributed by atoms with Crippen molar-refractivity contribution in [3.8, 4) is 0 Å². The number of nitrogens with one attached hydrogen (secondary N) is 2. The van der Waals surface area contributed by atoms with Crippen LogP contribution in [0.15, 0.2) is 16.9 Å². The van der Waals surface area contributed by atoms with Gasteiger partial charge in [0.2, 0.25) is 0 Å². The zero-order valence-electron chi connectivity index (χ0n) is 8.33. The van der Waals surface area contributed by atoms with Crippen molar-refractivity contribution in [2.75, 3.05) is 13.1 Å². The molecule has 1 unspecified atom stereocenters. The monoisotopic (exact) mass is 195 g/mol. The van der Waals surface area contributed by atoms with Gasteiger partial charge in [0, 0.05) is 25.2 Å². The quantitative estimate of drug-likeness (QED) is 0.749. The molecule has 0 bridgehead atoms. The molecule has 0 saturated carbocycles. The summed E-state index contributed by atoms with van der Waals surface area (Å²) in [6.45, 7) is 2.98. The fourth-order valence-corrected chi connectivity index (χ4v) is 1.80. The molecule has 4 nitrogen and oxygen atoms in total. The predicted octanol–water partition coefficient (Wildman–Crippen LogP) is 0.906. The highest BCUT2D eigenvalue weighted by Gasteiger charge is 2.11. The summed E-state index contributed by atoms with van der Waals surface area (Å²) in [5.41, 5.74) is 0.973. The Hall–Kier alpha value is -0.870. The van der Waals surface area contributed by atoms with E-state index in [1.807, 2.05) is 6.07 Å². The molecule has 2 N–H and O–H groups in total. The molecule has 1 aromatic rings. The Balaban J connectivity index is 1.62. The van der Waals surface area contributed by atoms with Gasteiger partial charge in [-0.1, -0.05) is 11.6 Å². The Morgan fingerprint density at radius 2 is 2.57 bits per heavy atom. The summed E-state index contributed by atoms with van der Waals surface area (Å²) in [6, 6.07) is 2.53. The van der Waals surface area contributed by atoms with Gasteiger partial charge in [0.25, 0.3) is 0 Å². The lowest BCUT2D eigenvalue weighted by Gasteiger charge is -2.23. The van der Waals surface area contributed by atoms with Gasteiger partial charge >= 0.3 is 0 Å². The maximum absolute atomic E-state index is 4.75. The molecule has 78 valence electrons. The van der Waals surface area contributed by atoms with Crippen LogP contribution in [-0.2, 0) is 6.54 Å². The van der Waals surface area contributed by atoms with Gasteiger partial charge in [-0.25, -0.2) is 0 Å². The van der Waals surface area contributed by atoms with Gasteiger partial charge in [0.05, 0.1) is 5.69 Å². The van der Waals surface area contributed by atoms with E-state index in [2.05, 4.69) is 15.8 Å². The second-order valence-electron chi connectivity index (χ2n) is 3.77. The Morgan fingerprint density at radius 1 is 1.57 bits per heavy atom. The summed E-state index contributed by atoms with van der Waals surface area (Å²) in [6.07, 6.45) is 5.56. The summed E-state index contributed by atoms with van der Waals surface area (Å²) in [5.74, 6) is 0. The first-order valence-electron chi connectivity index (χ1n) is 5.28. The Morgan fingerprint density at radius 3 is 3.29 bits per heavy atom. The van der Waals surface area contributed by atoms with Gasteiger partial charge in [-0.05, 0) is 19.4 Å². The largest absolute Gasteiger partial charge is 0.364 e. The molecule has 0 amide bonds. The summed E-state index contributed by atoms with van der Waals surface area (Å²) in [5, 5.41) is 10.7. The summed E-state index contributed by atoms with van der Waals surface area (Å²) >= 11 is 0. The predicted molar refractivity (Wildman–Crippen MR) is 53.9 cm³/mol. The van der Waals surface area contributed by atoms with Gasteiger partial charge in [-0.2, -0.15) is 0 Å². The first-order chi connectivity index (χ1) is 6.95. The van der Waals surface area contributed by atoms with Crippen molar-refractivity contribution in [2.24, 2.45) is 0 Å². The fraction of sp³-hybridized carbons (Fsp3) is 0.700. The third-order valence-corrected chi connectivity index (χ3v) is 2.60. The highest BCUT2D eigenvalue weighted by molar-refractivity contribution is 4.94. The average molecular weight is 195 g/mol. The molecular weight excluding hydrogens is 178 g/mol. The van der Waals surface area contributed by atoms with Crippen LogP contribution >= 0.6 is 0 Å². The zero-order valence-corrected chi connectivity index (χ0v) is 8.33. The van der Waals surface area contributed by atoms with E-state index in [4.69, 9.17) is 4.52 Å². The van der Waals surface area contributed by atoms with Crippen LogP contribution in [0.4, 0.5) is 0 Å². The number of piperidine rings is 1. The van der Waals surface area contributed by atoms with Crippen molar-refractivity contribution in [1.29, 1.82) is 0 Å². The van der Waals surface area contributed by atoms with Crippen molar-refractivity contribution in [3.63, 3.8) is 0 Å².